The standard InChI is InChI=1S/C22H34N2O2/c1-14-8-9-22(24-13-26)16(3)6-7-18-15(2)10-17(19(14)20(18)22)11-21(4,5)23-12-25/h12,15-20H,1,6-11H2,2-5H3,(H,23,25)/t15-,16-,17-,18+,19-,20-,22-/m0/s1. The number of carbonyl (C=O) groups is 1. The molecular weight excluding hydrogens is 324 g/mol. The normalized spacial score (nSPS) is 42.4. The molecule has 26 heavy (non-hydrogen) atoms. The van der Waals surface area contributed by atoms with Gasteiger partial charge in [0.05, 0.1) is 5.54 Å². The molecular formula is C22H34N2O2. The molecule has 3 aliphatic rings. The number of hydrogen-bond acceptors (Lipinski definition) is 3. The fourth-order valence-corrected chi connectivity index (χ4v) is 6.82. The van der Waals surface area contributed by atoms with Crippen molar-refractivity contribution in [3.63, 3.8) is 0 Å². The fraction of sp³-hybridized carbons (Fsp3) is 0.818. The number of hydrogen-bond donors (Lipinski definition) is 1. The van der Waals surface area contributed by atoms with Crippen molar-refractivity contribution in [1.82, 2.24) is 5.32 Å². The maximum absolute atomic E-state index is 11.4. The van der Waals surface area contributed by atoms with Gasteiger partial charge < -0.3 is 5.32 Å². The minimum atomic E-state index is -0.258. The van der Waals surface area contributed by atoms with Crippen LogP contribution >= 0.6 is 0 Å². The van der Waals surface area contributed by atoms with Crippen LogP contribution in [0.15, 0.2) is 17.1 Å². The first-order valence-corrected chi connectivity index (χ1v) is 10.2. The van der Waals surface area contributed by atoms with E-state index in [-0.39, 0.29) is 11.1 Å². The second kappa shape index (κ2) is 6.96. The maximum atomic E-state index is 11.4. The lowest BCUT2D eigenvalue weighted by molar-refractivity contribution is -0.111. The van der Waals surface area contributed by atoms with Crippen LogP contribution in [0, 0.1) is 35.5 Å². The second-order valence-corrected chi connectivity index (χ2v) is 9.87. The van der Waals surface area contributed by atoms with Gasteiger partial charge in [0.25, 0.3) is 0 Å². The molecule has 3 saturated carbocycles. The van der Waals surface area contributed by atoms with Crippen LogP contribution in [0.1, 0.15) is 66.2 Å². The van der Waals surface area contributed by atoms with E-state index in [1.165, 1.54) is 18.4 Å². The summed E-state index contributed by atoms with van der Waals surface area (Å²) in [5.41, 5.74) is 0.851. The Kier molecular flexibility index (Phi) is 5.18. The molecule has 0 heterocycles. The highest BCUT2D eigenvalue weighted by molar-refractivity contribution is 5.47. The Hall–Kier alpha value is -1.41. The van der Waals surface area contributed by atoms with E-state index < -0.39 is 0 Å². The van der Waals surface area contributed by atoms with Gasteiger partial charge in [-0.2, -0.15) is 4.99 Å². The Morgan fingerprint density at radius 2 is 2.12 bits per heavy atom. The molecule has 0 radical (unpaired) electrons. The topological polar surface area (TPSA) is 58.5 Å². The number of nitrogens with one attached hydrogen (secondary N) is 1. The SMILES string of the molecule is C=C1CC[C@@]2(N=C=O)[C@H]3[C@H](CC[C@@H]2C)[C@@H](C)C[C@@H](CC(C)(C)NC=O)[C@H]13. The van der Waals surface area contributed by atoms with Crippen LogP contribution in [0.2, 0.25) is 0 Å². The molecule has 4 heteroatoms. The molecule has 144 valence electrons. The number of isocyanates is 1. The smallest absolute Gasteiger partial charge is 0.235 e. The number of amides is 1. The van der Waals surface area contributed by atoms with Crippen molar-refractivity contribution >= 4 is 12.5 Å². The van der Waals surface area contributed by atoms with Crippen molar-refractivity contribution in [2.45, 2.75) is 77.3 Å². The van der Waals surface area contributed by atoms with Gasteiger partial charge in [0.2, 0.25) is 12.5 Å². The van der Waals surface area contributed by atoms with Gasteiger partial charge in [-0.15, -0.1) is 0 Å². The van der Waals surface area contributed by atoms with Gasteiger partial charge in [-0.3, -0.25) is 4.79 Å². The summed E-state index contributed by atoms with van der Waals surface area (Å²) in [6.07, 6.45) is 9.15. The third-order valence-electron chi connectivity index (χ3n) is 7.92. The molecule has 0 aliphatic heterocycles. The van der Waals surface area contributed by atoms with E-state index in [1.54, 1.807) is 0 Å². The van der Waals surface area contributed by atoms with E-state index in [0.29, 0.717) is 35.5 Å². The van der Waals surface area contributed by atoms with Crippen LogP contribution in [0.5, 0.6) is 0 Å². The number of rotatable bonds is 5. The van der Waals surface area contributed by atoms with E-state index in [9.17, 15) is 9.59 Å². The lowest BCUT2D eigenvalue weighted by Crippen LogP contribution is -2.60. The van der Waals surface area contributed by atoms with Gasteiger partial charge in [0, 0.05) is 5.54 Å². The van der Waals surface area contributed by atoms with Gasteiger partial charge >= 0.3 is 0 Å². The highest BCUT2D eigenvalue weighted by Crippen LogP contribution is 2.62. The average molecular weight is 359 g/mol. The third-order valence-corrected chi connectivity index (χ3v) is 7.92. The van der Waals surface area contributed by atoms with Crippen molar-refractivity contribution < 1.29 is 9.59 Å². The summed E-state index contributed by atoms with van der Waals surface area (Å²) in [6, 6.07) is 0. The van der Waals surface area contributed by atoms with E-state index >= 15 is 0 Å². The third kappa shape index (κ3) is 3.07. The molecule has 1 amide bonds. The van der Waals surface area contributed by atoms with Crippen LogP contribution in [-0.4, -0.2) is 23.6 Å². The van der Waals surface area contributed by atoms with Crippen LogP contribution in [0.25, 0.3) is 0 Å². The molecule has 7 atom stereocenters. The molecule has 0 aromatic carbocycles. The summed E-state index contributed by atoms with van der Waals surface area (Å²) in [5, 5.41) is 2.99. The van der Waals surface area contributed by atoms with Crippen LogP contribution in [0.3, 0.4) is 0 Å². The van der Waals surface area contributed by atoms with Gasteiger partial charge in [0.15, 0.2) is 0 Å². The summed E-state index contributed by atoms with van der Waals surface area (Å²) in [4.78, 5) is 26.9. The Balaban J connectivity index is 2.01. The van der Waals surface area contributed by atoms with E-state index in [1.807, 2.05) is 6.08 Å². The molecule has 0 unspecified atom stereocenters. The van der Waals surface area contributed by atoms with E-state index in [2.05, 4.69) is 44.6 Å². The molecule has 0 aromatic heterocycles. The zero-order valence-corrected chi connectivity index (χ0v) is 16.8. The van der Waals surface area contributed by atoms with Crippen LogP contribution in [0.4, 0.5) is 0 Å². The second-order valence-electron chi connectivity index (χ2n) is 9.87. The maximum Gasteiger partial charge on any atom is 0.235 e. The number of aliphatic imine (C=N–C) groups is 1. The van der Waals surface area contributed by atoms with Gasteiger partial charge in [-0.05, 0) is 87.9 Å². The Bertz CT molecular complexity index is 622. The van der Waals surface area contributed by atoms with Crippen molar-refractivity contribution in [3.05, 3.63) is 12.2 Å². The Morgan fingerprint density at radius 3 is 2.77 bits per heavy atom. The number of carbonyl (C=O) groups excluding carboxylic acids is 2. The summed E-state index contributed by atoms with van der Waals surface area (Å²) < 4.78 is 0. The van der Waals surface area contributed by atoms with Crippen molar-refractivity contribution in [2.24, 2.45) is 40.5 Å². The molecule has 1 N–H and O–H groups in total. The Labute approximate surface area is 157 Å². The molecule has 0 saturated heterocycles. The molecule has 3 aliphatic carbocycles. The summed E-state index contributed by atoms with van der Waals surface area (Å²) in [7, 11) is 0. The molecule has 0 bridgehead atoms. The minimum absolute atomic E-state index is 0.229. The van der Waals surface area contributed by atoms with Crippen LogP contribution < -0.4 is 5.32 Å². The first-order valence-electron chi connectivity index (χ1n) is 10.2. The summed E-state index contributed by atoms with van der Waals surface area (Å²) >= 11 is 0. The van der Waals surface area contributed by atoms with Crippen molar-refractivity contribution in [1.29, 1.82) is 0 Å². The molecule has 0 aromatic rings. The van der Waals surface area contributed by atoms with E-state index in [4.69, 9.17) is 0 Å². The Morgan fingerprint density at radius 1 is 1.38 bits per heavy atom. The lowest BCUT2D eigenvalue weighted by Gasteiger charge is -2.61. The quantitative estimate of drug-likeness (QED) is 0.345. The molecule has 3 fully saturated rings. The monoisotopic (exact) mass is 358 g/mol. The first kappa shape index (κ1) is 19.4. The van der Waals surface area contributed by atoms with Gasteiger partial charge in [-0.1, -0.05) is 26.0 Å². The molecule has 0 spiro atoms. The van der Waals surface area contributed by atoms with E-state index in [0.717, 1.165) is 32.1 Å². The predicted octanol–water partition coefficient (Wildman–Crippen LogP) is 4.26. The van der Waals surface area contributed by atoms with Crippen LogP contribution in [-0.2, 0) is 9.59 Å². The summed E-state index contributed by atoms with van der Waals surface area (Å²) in [6.45, 7) is 13.3. The largest absolute Gasteiger partial charge is 0.354 e. The number of nitrogens with zero attached hydrogens (tertiary/aromatic N) is 1. The van der Waals surface area contributed by atoms with Crippen molar-refractivity contribution in [3.8, 4) is 0 Å². The summed E-state index contributed by atoms with van der Waals surface area (Å²) in [5.74, 6) is 2.93. The highest BCUT2D eigenvalue weighted by atomic mass is 16.1. The average Bonchev–Trinajstić information content (AvgIpc) is 2.55. The number of allylic oxidation sites excluding steroid dienone is 1. The zero-order chi connectivity index (χ0) is 19.1. The zero-order valence-electron chi connectivity index (χ0n) is 16.8. The van der Waals surface area contributed by atoms with Gasteiger partial charge in [-0.25, -0.2) is 4.79 Å². The molecule has 4 nitrogen and oxygen atoms in total. The van der Waals surface area contributed by atoms with Gasteiger partial charge in [0.1, 0.15) is 0 Å². The highest BCUT2D eigenvalue weighted by Gasteiger charge is 2.60. The first-order chi connectivity index (χ1) is 12.3. The minimum Gasteiger partial charge on any atom is -0.354 e. The lowest BCUT2D eigenvalue weighted by atomic mass is 9.45. The fourth-order valence-electron chi connectivity index (χ4n) is 6.82. The predicted molar refractivity (Wildman–Crippen MR) is 103 cm³/mol. The molecule has 3 rings (SSSR count). The van der Waals surface area contributed by atoms with Crippen molar-refractivity contribution in [2.75, 3.05) is 0 Å².